The summed E-state index contributed by atoms with van der Waals surface area (Å²) in [7, 11) is 0. The van der Waals surface area contributed by atoms with Crippen LogP contribution in [-0.2, 0) is 16.0 Å². The number of benzene rings is 1. The fraction of sp³-hybridized carbons (Fsp3) is 0.533. The van der Waals surface area contributed by atoms with Gasteiger partial charge in [0.15, 0.2) is 0 Å². The molecule has 2 rings (SSSR count). The van der Waals surface area contributed by atoms with Crippen LogP contribution in [0.2, 0.25) is 0 Å². The number of carbonyl (C=O) groups excluding carboxylic acids is 1. The minimum Gasteiger partial charge on any atom is -0.378 e. The molecule has 0 amide bonds. The lowest BCUT2D eigenvalue weighted by atomic mass is 10.0. The van der Waals surface area contributed by atoms with Gasteiger partial charge in [-0.1, -0.05) is 28.1 Å². The van der Waals surface area contributed by atoms with Gasteiger partial charge >= 0.3 is 0 Å². The molecular formula is C15H19BrO2. The van der Waals surface area contributed by atoms with Gasteiger partial charge in [-0.25, -0.2) is 0 Å². The van der Waals surface area contributed by atoms with E-state index >= 15 is 0 Å². The van der Waals surface area contributed by atoms with E-state index in [0.717, 1.165) is 29.5 Å². The molecule has 0 bridgehead atoms. The molecule has 0 N–H and O–H groups in total. The molecule has 0 spiro atoms. The average molecular weight is 311 g/mol. The molecule has 0 aliphatic carbocycles. The molecule has 1 heterocycles. The van der Waals surface area contributed by atoms with Crippen molar-refractivity contribution in [1.82, 2.24) is 0 Å². The van der Waals surface area contributed by atoms with E-state index in [-0.39, 0.29) is 0 Å². The smallest absolute Gasteiger partial charge is 0.137 e. The van der Waals surface area contributed by atoms with E-state index in [0.29, 0.717) is 24.7 Å². The minimum atomic E-state index is 0.312. The highest BCUT2D eigenvalue weighted by Gasteiger charge is 2.15. The van der Waals surface area contributed by atoms with Gasteiger partial charge in [0.1, 0.15) is 5.78 Å². The molecule has 1 aromatic carbocycles. The first-order valence-electron chi connectivity index (χ1n) is 6.62. The minimum absolute atomic E-state index is 0.312. The summed E-state index contributed by atoms with van der Waals surface area (Å²) in [5.74, 6) is 0.312. The Kier molecular flexibility index (Phi) is 5.39. The summed E-state index contributed by atoms with van der Waals surface area (Å²) in [4.78, 5) is 11.9. The third kappa shape index (κ3) is 4.54. The summed E-state index contributed by atoms with van der Waals surface area (Å²) >= 11 is 3.39. The first kappa shape index (κ1) is 13.8. The monoisotopic (exact) mass is 310 g/mol. The van der Waals surface area contributed by atoms with Gasteiger partial charge in [-0.05, 0) is 43.4 Å². The third-order valence-corrected chi connectivity index (χ3v) is 3.86. The second-order valence-corrected chi connectivity index (χ2v) is 5.78. The molecule has 98 valence electrons. The van der Waals surface area contributed by atoms with Gasteiger partial charge in [0.05, 0.1) is 6.10 Å². The Labute approximate surface area is 117 Å². The Hall–Kier alpha value is -0.670. The van der Waals surface area contributed by atoms with E-state index in [2.05, 4.69) is 15.9 Å². The van der Waals surface area contributed by atoms with Crippen molar-refractivity contribution in [2.24, 2.45) is 0 Å². The van der Waals surface area contributed by atoms with Crippen LogP contribution in [0.25, 0.3) is 0 Å². The van der Waals surface area contributed by atoms with Crippen LogP contribution in [0.1, 0.15) is 37.7 Å². The van der Waals surface area contributed by atoms with Gasteiger partial charge in [-0.3, -0.25) is 4.79 Å². The van der Waals surface area contributed by atoms with Gasteiger partial charge in [0.2, 0.25) is 0 Å². The molecule has 0 saturated carbocycles. The quantitative estimate of drug-likeness (QED) is 0.824. The van der Waals surface area contributed by atoms with Crippen LogP contribution in [0.15, 0.2) is 28.7 Å². The number of carbonyl (C=O) groups is 1. The van der Waals surface area contributed by atoms with Crippen molar-refractivity contribution in [2.75, 3.05) is 6.61 Å². The zero-order valence-electron chi connectivity index (χ0n) is 10.5. The van der Waals surface area contributed by atoms with Gasteiger partial charge < -0.3 is 4.74 Å². The van der Waals surface area contributed by atoms with Crippen LogP contribution in [0.5, 0.6) is 0 Å². The molecule has 1 saturated heterocycles. The fourth-order valence-corrected chi connectivity index (χ4v) is 2.54. The highest BCUT2D eigenvalue weighted by Crippen LogP contribution is 2.18. The third-order valence-electron chi connectivity index (χ3n) is 3.33. The Morgan fingerprint density at radius 1 is 1.28 bits per heavy atom. The number of ether oxygens (including phenoxy) is 1. The fourth-order valence-electron chi connectivity index (χ4n) is 2.28. The van der Waals surface area contributed by atoms with E-state index in [1.54, 1.807) is 0 Å². The van der Waals surface area contributed by atoms with Gasteiger partial charge in [-0.15, -0.1) is 0 Å². The summed E-state index contributed by atoms with van der Waals surface area (Å²) < 4.78 is 6.69. The molecule has 1 aliphatic heterocycles. The van der Waals surface area contributed by atoms with Crippen LogP contribution in [0.3, 0.4) is 0 Å². The number of ketones is 1. The summed E-state index contributed by atoms with van der Waals surface area (Å²) in [5, 5.41) is 0. The van der Waals surface area contributed by atoms with E-state index in [9.17, 15) is 4.79 Å². The number of halogens is 1. The van der Waals surface area contributed by atoms with Gasteiger partial charge in [0.25, 0.3) is 0 Å². The number of Topliss-reactive ketones (excluding diaryl/α,β-unsaturated/α-hetero) is 1. The van der Waals surface area contributed by atoms with Crippen LogP contribution < -0.4 is 0 Å². The van der Waals surface area contributed by atoms with Crippen LogP contribution in [0, 0.1) is 0 Å². The average Bonchev–Trinajstić information content (AvgIpc) is 2.40. The topological polar surface area (TPSA) is 26.3 Å². The predicted octanol–water partition coefficient (Wildman–Crippen LogP) is 3.91. The second-order valence-electron chi connectivity index (χ2n) is 4.87. The molecule has 1 atom stereocenters. The van der Waals surface area contributed by atoms with Crippen molar-refractivity contribution in [1.29, 1.82) is 0 Å². The first-order chi connectivity index (χ1) is 8.74. The van der Waals surface area contributed by atoms with Crippen LogP contribution >= 0.6 is 15.9 Å². The Bertz CT molecular complexity index is 380. The largest absolute Gasteiger partial charge is 0.378 e. The molecule has 0 radical (unpaired) electrons. The second kappa shape index (κ2) is 7.05. The Morgan fingerprint density at radius 2 is 2.06 bits per heavy atom. The Morgan fingerprint density at radius 3 is 2.72 bits per heavy atom. The maximum absolute atomic E-state index is 11.9. The number of rotatable bonds is 5. The standard InChI is InChI=1S/C15H19BrO2/c16-13-6-4-12(5-7-13)11-14(17)8-9-15-3-1-2-10-18-15/h4-7,15H,1-3,8-11H2. The molecule has 1 unspecified atom stereocenters. The predicted molar refractivity (Wildman–Crippen MR) is 75.7 cm³/mol. The number of hydrogen-bond acceptors (Lipinski definition) is 2. The molecule has 18 heavy (non-hydrogen) atoms. The van der Waals surface area contributed by atoms with E-state index in [1.807, 2.05) is 24.3 Å². The maximum atomic E-state index is 11.9. The van der Waals surface area contributed by atoms with Crippen molar-refractivity contribution < 1.29 is 9.53 Å². The van der Waals surface area contributed by atoms with Crippen LogP contribution in [-0.4, -0.2) is 18.5 Å². The zero-order valence-corrected chi connectivity index (χ0v) is 12.1. The Balaban J connectivity index is 1.73. The summed E-state index contributed by atoms with van der Waals surface area (Å²) in [6.45, 7) is 0.867. The highest BCUT2D eigenvalue weighted by molar-refractivity contribution is 9.10. The lowest BCUT2D eigenvalue weighted by Gasteiger charge is -2.22. The normalized spacial score (nSPS) is 19.7. The van der Waals surface area contributed by atoms with E-state index < -0.39 is 0 Å². The summed E-state index contributed by atoms with van der Waals surface area (Å²) in [6.07, 6.45) is 5.91. The molecule has 2 nitrogen and oxygen atoms in total. The molecule has 0 aromatic heterocycles. The summed E-state index contributed by atoms with van der Waals surface area (Å²) in [5.41, 5.74) is 1.09. The zero-order chi connectivity index (χ0) is 12.8. The molecule has 1 aliphatic rings. The van der Waals surface area contributed by atoms with E-state index in [4.69, 9.17) is 4.74 Å². The lowest BCUT2D eigenvalue weighted by Crippen LogP contribution is -2.20. The maximum Gasteiger partial charge on any atom is 0.137 e. The van der Waals surface area contributed by atoms with Crippen LogP contribution in [0.4, 0.5) is 0 Å². The van der Waals surface area contributed by atoms with Crippen molar-refractivity contribution in [3.05, 3.63) is 34.3 Å². The molecular weight excluding hydrogens is 292 g/mol. The van der Waals surface area contributed by atoms with Crippen molar-refractivity contribution >= 4 is 21.7 Å². The van der Waals surface area contributed by atoms with E-state index in [1.165, 1.54) is 12.8 Å². The number of hydrogen-bond donors (Lipinski definition) is 0. The van der Waals surface area contributed by atoms with Gasteiger partial charge in [0, 0.05) is 23.9 Å². The van der Waals surface area contributed by atoms with Crippen molar-refractivity contribution in [3.8, 4) is 0 Å². The highest BCUT2D eigenvalue weighted by atomic mass is 79.9. The van der Waals surface area contributed by atoms with Crippen molar-refractivity contribution in [2.45, 2.75) is 44.6 Å². The molecule has 3 heteroatoms. The lowest BCUT2D eigenvalue weighted by molar-refractivity contribution is -0.119. The van der Waals surface area contributed by atoms with Crippen molar-refractivity contribution in [3.63, 3.8) is 0 Å². The molecule has 1 fully saturated rings. The summed E-state index contributed by atoms with van der Waals surface area (Å²) in [6, 6.07) is 7.96. The molecule has 1 aromatic rings. The van der Waals surface area contributed by atoms with Gasteiger partial charge in [-0.2, -0.15) is 0 Å². The first-order valence-corrected chi connectivity index (χ1v) is 7.41. The SMILES string of the molecule is O=C(CCC1CCCCO1)Cc1ccc(Br)cc1.